The van der Waals surface area contributed by atoms with Gasteiger partial charge in [0, 0.05) is 26.7 Å². The van der Waals surface area contributed by atoms with Gasteiger partial charge in [-0.3, -0.25) is 9.36 Å². The van der Waals surface area contributed by atoms with Crippen LogP contribution in [0.25, 0.3) is 11.2 Å². The quantitative estimate of drug-likeness (QED) is 0.129. The van der Waals surface area contributed by atoms with Gasteiger partial charge >= 0.3 is 14.1 Å². The first-order chi connectivity index (χ1) is 19.7. The molecule has 0 aromatic carbocycles. The number of nitrogens with two attached hydrogens (primary N) is 1. The molecule has 3 atom stereocenters. The van der Waals surface area contributed by atoms with Crippen molar-refractivity contribution in [1.82, 2.24) is 19.5 Å². The minimum Gasteiger partial charge on any atom is -0.433 e. The van der Waals surface area contributed by atoms with Crippen LogP contribution in [0.5, 0.6) is 0 Å². The van der Waals surface area contributed by atoms with E-state index in [0.29, 0.717) is 29.8 Å². The molecule has 2 aromatic heterocycles. The lowest BCUT2D eigenvalue weighted by molar-refractivity contribution is -0.162. The highest BCUT2D eigenvalue weighted by Gasteiger charge is 2.47. The summed E-state index contributed by atoms with van der Waals surface area (Å²) >= 11 is 0. The van der Waals surface area contributed by atoms with Gasteiger partial charge in [-0.05, 0) is 33.6 Å². The number of aldehydes is 1. The maximum atomic E-state index is 11.9. The van der Waals surface area contributed by atoms with Crippen molar-refractivity contribution in [3.05, 3.63) is 12.7 Å². The molecule has 0 aliphatic carbocycles. The lowest BCUT2D eigenvalue weighted by Crippen LogP contribution is -2.25. The zero-order valence-corrected chi connectivity index (χ0v) is 26.7. The second kappa shape index (κ2) is 19.0. The van der Waals surface area contributed by atoms with Crippen LogP contribution >= 0.6 is 8.17 Å². The van der Waals surface area contributed by atoms with Gasteiger partial charge in [0.15, 0.2) is 18.3 Å². The van der Waals surface area contributed by atoms with Crippen molar-refractivity contribution in [2.75, 3.05) is 47.3 Å². The number of fused-ring (bicyclic) bond motifs is 1. The van der Waals surface area contributed by atoms with Crippen molar-refractivity contribution in [2.45, 2.75) is 66.7 Å². The Bertz CT molecular complexity index is 1060. The van der Waals surface area contributed by atoms with Gasteiger partial charge in [-0.25, -0.2) is 15.0 Å². The zero-order valence-electron chi connectivity index (χ0n) is 25.8. The molecule has 0 bridgehead atoms. The molecule has 3 unspecified atom stereocenters. The van der Waals surface area contributed by atoms with Crippen molar-refractivity contribution in [3.8, 4) is 0 Å². The number of hydrogen-bond acceptors (Lipinski definition) is 15. The molecule has 16 nitrogen and oxygen atoms in total. The van der Waals surface area contributed by atoms with E-state index in [4.69, 9.17) is 43.7 Å². The molecule has 1 saturated heterocycles. The molecule has 0 spiro atoms. The first-order valence-electron chi connectivity index (χ1n) is 12.8. The topological polar surface area (TPSA) is 220 Å². The first-order valence-corrected chi connectivity index (χ1v) is 14.3. The van der Waals surface area contributed by atoms with E-state index in [1.165, 1.54) is 13.4 Å². The number of aliphatic hydroxyl groups excluding tert-OH is 2. The molecule has 242 valence electrons. The number of hydrogen-bond donors (Lipinski definition) is 4. The average molecular weight is 625 g/mol. The van der Waals surface area contributed by atoms with Crippen LogP contribution < -0.4 is 5.73 Å². The Morgan fingerprint density at radius 2 is 1.67 bits per heavy atom. The Kier molecular flexibility index (Phi) is 17.9. The maximum Gasteiger partial charge on any atom is 0.578 e. The van der Waals surface area contributed by atoms with Crippen molar-refractivity contribution in [1.29, 1.82) is 0 Å². The Morgan fingerprint density at radius 3 is 2.21 bits per heavy atom. The fraction of sp³-hybridized carbons (Fsp3) is 0.720. The van der Waals surface area contributed by atoms with Crippen LogP contribution in [-0.2, 0) is 37.4 Å². The van der Waals surface area contributed by atoms with Crippen molar-refractivity contribution < 1.29 is 52.5 Å². The van der Waals surface area contributed by atoms with E-state index in [1.807, 2.05) is 20.8 Å². The number of nitrogen functional groups attached to an aromatic ring is 1. The zero-order chi connectivity index (χ0) is 32.6. The van der Waals surface area contributed by atoms with Crippen LogP contribution in [0.2, 0.25) is 0 Å². The molecular weight excluding hydrogens is 577 g/mol. The lowest BCUT2D eigenvalue weighted by Gasteiger charge is -2.19. The standard InChI is InChI=1S/C18H29N5O8P.C5H10O.2CH4O/c1-18(2,3)17(24)27-11-30-32(25,29-10-26-4)28-7-12-5-6-13(31-12)23-9-22-14-15(19)20-8-21-16(14)23;1-5(2,3)4-6;2*1-2/h8-9,12-13,25H,5-7,10-11H2,1-4H3,(H2,19,20,21);4H,1-3H3;2*2H,1H3/q+1;;;. The largest absolute Gasteiger partial charge is 0.578 e. The molecule has 0 amide bonds. The molecule has 0 saturated carbocycles. The summed E-state index contributed by atoms with van der Waals surface area (Å²) in [4.78, 5) is 44.7. The smallest absolute Gasteiger partial charge is 0.433 e. The Labute approximate surface area is 247 Å². The van der Waals surface area contributed by atoms with E-state index in [0.717, 1.165) is 20.5 Å². The number of aliphatic hydroxyl groups is 2. The highest BCUT2D eigenvalue weighted by Crippen LogP contribution is 2.58. The molecule has 0 radical (unpaired) electrons. The van der Waals surface area contributed by atoms with Gasteiger partial charge in [0.25, 0.3) is 0 Å². The van der Waals surface area contributed by atoms with E-state index >= 15 is 0 Å². The van der Waals surface area contributed by atoms with Gasteiger partial charge in [-0.15, -0.1) is 9.05 Å². The molecule has 3 heterocycles. The van der Waals surface area contributed by atoms with E-state index in [1.54, 1.807) is 31.7 Å². The normalized spacial score (nSPS) is 17.9. The Hall–Kier alpha value is -2.40. The molecule has 2 aromatic rings. The molecule has 5 N–H and O–H groups in total. The molecule has 42 heavy (non-hydrogen) atoms. The predicted molar refractivity (Wildman–Crippen MR) is 154 cm³/mol. The number of methoxy groups -OCH3 is 1. The van der Waals surface area contributed by atoms with Crippen LogP contribution in [0, 0.1) is 10.8 Å². The summed E-state index contributed by atoms with van der Waals surface area (Å²) in [5.41, 5.74) is 6.05. The monoisotopic (exact) mass is 624 g/mol. The minimum absolute atomic E-state index is 0.0124. The number of nitrogens with zero attached hydrogens (tertiary/aromatic N) is 4. The number of rotatable bonds is 10. The summed E-state index contributed by atoms with van der Waals surface area (Å²) in [6.07, 6.45) is 4.54. The average Bonchev–Trinajstić information content (AvgIpc) is 3.60. The molecule has 3 rings (SSSR count). The van der Waals surface area contributed by atoms with Gasteiger partial charge in [0.2, 0.25) is 6.79 Å². The van der Waals surface area contributed by atoms with E-state index in [9.17, 15) is 14.5 Å². The minimum atomic E-state index is -3.81. The fourth-order valence-electron chi connectivity index (χ4n) is 2.87. The van der Waals surface area contributed by atoms with Crippen LogP contribution in [-0.4, -0.2) is 94.5 Å². The molecular formula is C25H47N5O11P+. The van der Waals surface area contributed by atoms with Crippen LogP contribution in [0.3, 0.4) is 0 Å². The lowest BCUT2D eigenvalue weighted by atomic mass is 9.98. The molecule has 1 aliphatic heterocycles. The second-order valence-corrected chi connectivity index (χ2v) is 12.3. The number of anilines is 1. The summed E-state index contributed by atoms with van der Waals surface area (Å²) < 4.78 is 33.5. The van der Waals surface area contributed by atoms with Crippen molar-refractivity contribution in [3.63, 3.8) is 0 Å². The third kappa shape index (κ3) is 13.7. The Morgan fingerprint density at radius 1 is 1.07 bits per heavy atom. The summed E-state index contributed by atoms with van der Waals surface area (Å²) in [5, 5.41) is 14.0. The number of carbonyl (C=O) groups excluding carboxylic acids is 2. The number of aromatic nitrogens is 4. The predicted octanol–water partition coefficient (Wildman–Crippen LogP) is 2.40. The van der Waals surface area contributed by atoms with Gasteiger partial charge < -0.3 is 35.0 Å². The fourth-order valence-corrected chi connectivity index (χ4v) is 3.87. The van der Waals surface area contributed by atoms with Gasteiger partial charge in [0.05, 0.1) is 17.8 Å². The number of carbonyl (C=O) groups is 2. The van der Waals surface area contributed by atoms with Crippen LogP contribution in [0.1, 0.15) is 60.6 Å². The highest BCUT2D eigenvalue weighted by atomic mass is 31.2. The third-order valence-electron chi connectivity index (χ3n) is 4.91. The number of imidazole rings is 1. The summed E-state index contributed by atoms with van der Waals surface area (Å²) in [6.45, 7) is 9.92. The van der Waals surface area contributed by atoms with Crippen LogP contribution in [0.4, 0.5) is 5.82 Å². The molecule has 17 heteroatoms. The summed E-state index contributed by atoms with van der Waals surface area (Å²) in [6, 6.07) is 0. The summed E-state index contributed by atoms with van der Waals surface area (Å²) in [5.74, 6) is -0.198. The highest BCUT2D eigenvalue weighted by molar-refractivity contribution is 7.55. The second-order valence-electron chi connectivity index (χ2n) is 10.6. The molecule has 1 fully saturated rings. The molecule has 1 aliphatic rings. The van der Waals surface area contributed by atoms with Crippen molar-refractivity contribution >= 4 is 37.4 Å². The van der Waals surface area contributed by atoms with E-state index in [2.05, 4.69) is 15.0 Å². The van der Waals surface area contributed by atoms with Crippen LogP contribution in [0.15, 0.2) is 12.7 Å². The number of esters is 1. The number of ether oxygens (including phenoxy) is 3. The van der Waals surface area contributed by atoms with Gasteiger partial charge in [-0.2, -0.15) is 9.42 Å². The maximum absolute atomic E-state index is 11.9. The van der Waals surface area contributed by atoms with Crippen molar-refractivity contribution in [2.24, 2.45) is 10.8 Å². The van der Waals surface area contributed by atoms with Gasteiger partial charge in [-0.1, -0.05) is 20.8 Å². The third-order valence-corrected chi connectivity index (χ3v) is 6.25. The Balaban J connectivity index is 0.00000147. The van der Waals surface area contributed by atoms with E-state index in [-0.39, 0.29) is 31.1 Å². The van der Waals surface area contributed by atoms with Gasteiger partial charge in [0.1, 0.15) is 31.0 Å². The first kappa shape index (κ1) is 39.6. The summed E-state index contributed by atoms with van der Waals surface area (Å²) in [7, 11) is -0.422. The van der Waals surface area contributed by atoms with E-state index < -0.39 is 26.3 Å². The SMILES string of the molecule is CC(C)(C)C=O.CO.CO.COCO[P+](O)(OCOC(=O)C(C)(C)C)OCC1CCC(n2cnc3c(N)ncnc32)O1.